The molecule has 138 valence electrons. The van der Waals surface area contributed by atoms with Gasteiger partial charge in [0, 0.05) is 30.9 Å². The number of carbonyl (C=O) groups is 1. The largest absolute Gasteiger partial charge is 0.493 e. The zero-order chi connectivity index (χ0) is 18.4. The molecule has 2 N–H and O–H groups in total. The van der Waals surface area contributed by atoms with Gasteiger partial charge in [-0.25, -0.2) is 4.98 Å². The second-order valence-electron chi connectivity index (χ2n) is 6.00. The second-order valence-corrected chi connectivity index (χ2v) is 6.00. The van der Waals surface area contributed by atoms with Crippen LogP contribution in [0.2, 0.25) is 0 Å². The summed E-state index contributed by atoms with van der Waals surface area (Å²) in [6.45, 7) is 1.29. The van der Waals surface area contributed by atoms with Crippen molar-refractivity contribution in [1.82, 2.24) is 4.98 Å². The standard InChI is InChI=1S/C19H23N3O4/c1-24-16-5-3-14(11-17(16)25-2)21-18-6-4-15(12-20-18)22-19(23)13-7-9-26-10-8-13/h3-6,11-13H,7-10H2,1-2H3,(H,20,21)(H,22,23). The smallest absolute Gasteiger partial charge is 0.227 e. The van der Waals surface area contributed by atoms with Crippen LogP contribution in [0.3, 0.4) is 0 Å². The third kappa shape index (κ3) is 4.43. The summed E-state index contributed by atoms with van der Waals surface area (Å²) < 4.78 is 15.8. The molecule has 1 fully saturated rings. The Labute approximate surface area is 152 Å². The number of ether oxygens (including phenoxy) is 3. The van der Waals surface area contributed by atoms with Gasteiger partial charge in [-0.3, -0.25) is 4.79 Å². The van der Waals surface area contributed by atoms with Gasteiger partial charge in [0.2, 0.25) is 5.91 Å². The maximum atomic E-state index is 12.2. The summed E-state index contributed by atoms with van der Waals surface area (Å²) in [5, 5.41) is 6.11. The van der Waals surface area contributed by atoms with E-state index in [1.807, 2.05) is 30.3 Å². The molecule has 0 spiro atoms. The molecule has 1 aromatic carbocycles. The van der Waals surface area contributed by atoms with Crippen LogP contribution in [-0.2, 0) is 9.53 Å². The van der Waals surface area contributed by atoms with Gasteiger partial charge in [0.25, 0.3) is 0 Å². The van der Waals surface area contributed by atoms with Crippen LogP contribution < -0.4 is 20.1 Å². The number of amides is 1. The van der Waals surface area contributed by atoms with E-state index in [1.165, 1.54) is 0 Å². The molecule has 7 heteroatoms. The minimum Gasteiger partial charge on any atom is -0.493 e. The number of hydrogen-bond donors (Lipinski definition) is 2. The van der Waals surface area contributed by atoms with Crippen LogP contribution in [0.25, 0.3) is 0 Å². The van der Waals surface area contributed by atoms with Gasteiger partial charge in [-0.15, -0.1) is 0 Å². The fourth-order valence-electron chi connectivity index (χ4n) is 2.81. The number of anilines is 3. The van der Waals surface area contributed by atoms with Crippen LogP contribution in [0.1, 0.15) is 12.8 Å². The molecular formula is C19H23N3O4. The Balaban J connectivity index is 1.61. The highest BCUT2D eigenvalue weighted by Crippen LogP contribution is 2.30. The molecule has 2 heterocycles. The lowest BCUT2D eigenvalue weighted by Gasteiger charge is -2.21. The van der Waals surface area contributed by atoms with E-state index in [0.29, 0.717) is 36.2 Å². The van der Waals surface area contributed by atoms with Gasteiger partial charge >= 0.3 is 0 Å². The number of nitrogens with zero attached hydrogens (tertiary/aromatic N) is 1. The number of methoxy groups -OCH3 is 2. The summed E-state index contributed by atoms with van der Waals surface area (Å²) in [7, 11) is 3.19. The van der Waals surface area contributed by atoms with Crippen LogP contribution in [-0.4, -0.2) is 38.3 Å². The normalized spacial score (nSPS) is 14.5. The van der Waals surface area contributed by atoms with Crippen molar-refractivity contribution in [1.29, 1.82) is 0 Å². The first-order chi connectivity index (χ1) is 12.7. The highest BCUT2D eigenvalue weighted by Gasteiger charge is 2.21. The highest BCUT2D eigenvalue weighted by molar-refractivity contribution is 5.92. The Morgan fingerprint density at radius 1 is 1.08 bits per heavy atom. The van der Waals surface area contributed by atoms with Gasteiger partial charge in [-0.05, 0) is 37.1 Å². The lowest BCUT2D eigenvalue weighted by Crippen LogP contribution is -2.28. The molecule has 26 heavy (non-hydrogen) atoms. The molecule has 0 atom stereocenters. The highest BCUT2D eigenvalue weighted by atomic mass is 16.5. The molecule has 0 saturated carbocycles. The van der Waals surface area contributed by atoms with Gasteiger partial charge in [-0.1, -0.05) is 0 Å². The lowest BCUT2D eigenvalue weighted by atomic mass is 9.99. The van der Waals surface area contributed by atoms with Gasteiger partial charge < -0.3 is 24.8 Å². The average molecular weight is 357 g/mol. The fraction of sp³-hybridized carbons (Fsp3) is 0.368. The first-order valence-electron chi connectivity index (χ1n) is 8.53. The predicted octanol–water partition coefficient (Wildman–Crippen LogP) is 3.21. The van der Waals surface area contributed by atoms with E-state index in [9.17, 15) is 4.79 Å². The van der Waals surface area contributed by atoms with E-state index in [0.717, 1.165) is 18.5 Å². The number of hydrogen-bond acceptors (Lipinski definition) is 6. The monoisotopic (exact) mass is 357 g/mol. The van der Waals surface area contributed by atoms with Gasteiger partial charge in [0.05, 0.1) is 26.1 Å². The van der Waals surface area contributed by atoms with Gasteiger partial charge in [0.1, 0.15) is 5.82 Å². The molecule has 1 amide bonds. The molecule has 1 aliphatic rings. The van der Waals surface area contributed by atoms with Crippen molar-refractivity contribution >= 4 is 23.1 Å². The SMILES string of the molecule is COc1ccc(Nc2ccc(NC(=O)C3CCOCC3)cn2)cc1OC. The third-order valence-electron chi connectivity index (χ3n) is 4.28. The molecule has 7 nitrogen and oxygen atoms in total. The van der Waals surface area contributed by atoms with Crippen molar-refractivity contribution in [3.05, 3.63) is 36.5 Å². The predicted molar refractivity (Wildman–Crippen MR) is 99.2 cm³/mol. The first-order valence-corrected chi connectivity index (χ1v) is 8.53. The van der Waals surface area contributed by atoms with Crippen LogP contribution in [0, 0.1) is 5.92 Å². The zero-order valence-electron chi connectivity index (χ0n) is 15.0. The number of rotatable bonds is 6. The molecule has 3 rings (SSSR count). The second kappa shape index (κ2) is 8.53. The molecule has 1 aliphatic heterocycles. The van der Waals surface area contributed by atoms with Crippen molar-refractivity contribution in [2.24, 2.45) is 5.92 Å². The van der Waals surface area contributed by atoms with Crippen LogP contribution in [0.4, 0.5) is 17.2 Å². The van der Waals surface area contributed by atoms with E-state index >= 15 is 0 Å². The Morgan fingerprint density at radius 3 is 2.46 bits per heavy atom. The molecule has 0 radical (unpaired) electrons. The zero-order valence-corrected chi connectivity index (χ0v) is 15.0. The molecule has 1 aromatic heterocycles. The number of aromatic nitrogens is 1. The van der Waals surface area contributed by atoms with E-state index in [-0.39, 0.29) is 11.8 Å². The Bertz CT molecular complexity index is 743. The molecule has 1 saturated heterocycles. The Morgan fingerprint density at radius 2 is 1.81 bits per heavy atom. The summed E-state index contributed by atoms with van der Waals surface area (Å²) >= 11 is 0. The van der Waals surface area contributed by atoms with E-state index in [4.69, 9.17) is 14.2 Å². The summed E-state index contributed by atoms with van der Waals surface area (Å²) in [5.74, 6) is 2.00. The summed E-state index contributed by atoms with van der Waals surface area (Å²) in [6.07, 6.45) is 3.16. The van der Waals surface area contributed by atoms with Crippen molar-refractivity contribution in [3.8, 4) is 11.5 Å². The number of nitrogens with one attached hydrogen (secondary N) is 2. The lowest BCUT2D eigenvalue weighted by molar-refractivity contribution is -0.122. The number of carbonyl (C=O) groups excluding carboxylic acids is 1. The number of benzene rings is 1. The van der Waals surface area contributed by atoms with E-state index < -0.39 is 0 Å². The summed E-state index contributed by atoms with van der Waals surface area (Å²) in [6, 6.07) is 9.18. The van der Waals surface area contributed by atoms with Gasteiger partial charge in [0.15, 0.2) is 11.5 Å². The Kier molecular flexibility index (Phi) is 5.91. The topological polar surface area (TPSA) is 81.7 Å². The van der Waals surface area contributed by atoms with Crippen LogP contribution in [0.5, 0.6) is 11.5 Å². The van der Waals surface area contributed by atoms with Crippen molar-refractivity contribution in [2.75, 3.05) is 38.1 Å². The average Bonchev–Trinajstić information content (AvgIpc) is 2.70. The van der Waals surface area contributed by atoms with Crippen LogP contribution >= 0.6 is 0 Å². The van der Waals surface area contributed by atoms with Crippen molar-refractivity contribution in [2.45, 2.75) is 12.8 Å². The fourth-order valence-corrected chi connectivity index (χ4v) is 2.81. The van der Waals surface area contributed by atoms with Crippen LogP contribution in [0.15, 0.2) is 36.5 Å². The quantitative estimate of drug-likeness (QED) is 0.826. The third-order valence-corrected chi connectivity index (χ3v) is 4.28. The maximum absolute atomic E-state index is 12.2. The van der Waals surface area contributed by atoms with E-state index in [1.54, 1.807) is 20.4 Å². The molecule has 0 aliphatic carbocycles. The molecule has 2 aromatic rings. The Hall–Kier alpha value is -2.80. The molecule has 0 bridgehead atoms. The number of pyridine rings is 1. The molecule has 0 unspecified atom stereocenters. The maximum Gasteiger partial charge on any atom is 0.227 e. The van der Waals surface area contributed by atoms with Gasteiger partial charge in [-0.2, -0.15) is 0 Å². The first kappa shape index (κ1) is 18.0. The summed E-state index contributed by atoms with van der Waals surface area (Å²) in [5.41, 5.74) is 1.51. The minimum atomic E-state index is 0.00770. The summed E-state index contributed by atoms with van der Waals surface area (Å²) in [4.78, 5) is 16.6. The minimum absolute atomic E-state index is 0.00770. The van der Waals surface area contributed by atoms with Crippen molar-refractivity contribution < 1.29 is 19.0 Å². The van der Waals surface area contributed by atoms with E-state index in [2.05, 4.69) is 15.6 Å². The van der Waals surface area contributed by atoms with Crippen molar-refractivity contribution in [3.63, 3.8) is 0 Å². The molecular weight excluding hydrogens is 334 g/mol.